The second-order valence-electron chi connectivity index (χ2n) is 9.00. The smallest absolute Gasteiger partial charge is 0.315 e. The number of carbonyl (C=O) groups is 1. The molecule has 2 heterocycles. The highest BCUT2D eigenvalue weighted by Gasteiger charge is 2.38. The van der Waals surface area contributed by atoms with E-state index in [2.05, 4.69) is 48.7 Å². The van der Waals surface area contributed by atoms with Crippen LogP contribution in [-0.4, -0.2) is 32.9 Å². The van der Waals surface area contributed by atoms with Crippen LogP contribution >= 0.6 is 0 Å². The Bertz CT molecular complexity index is 815. The van der Waals surface area contributed by atoms with E-state index in [1.165, 1.54) is 10.7 Å². The van der Waals surface area contributed by atoms with Crippen LogP contribution in [0.1, 0.15) is 59.1 Å². The molecule has 152 valence electrons. The van der Waals surface area contributed by atoms with Crippen LogP contribution in [0.3, 0.4) is 0 Å². The molecule has 2 amide bonds. The van der Waals surface area contributed by atoms with Crippen molar-refractivity contribution >= 4 is 6.03 Å². The van der Waals surface area contributed by atoms with Gasteiger partial charge in [0.2, 0.25) is 0 Å². The average molecular weight is 388 g/mol. The van der Waals surface area contributed by atoms with Crippen molar-refractivity contribution in [3.63, 3.8) is 0 Å². The van der Waals surface area contributed by atoms with E-state index in [0.717, 1.165) is 12.8 Å². The van der Waals surface area contributed by atoms with Gasteiger partial charge in [0.05, 0.1) is 6.04 Å². The van der Waals surface area contributed by atoms with Crippen molar-refractivity contribution in [3.05, 3.63) is 48.0 Å². The average Bonchev–Trinajstić information content (AvgIpc) is 3.05. The topological polar surface area (TPSA) is 71.0 Å². The Morgan fingerprint density at radius 1 is 1.29 bits per heavy atom. The van der Waals surface area contributed by atoms with Crippen molar-refractivity contribution in [1.82, 2.24) is 25.7 Å². The summed E-state index contributed by atoms with van der Waals surface area (Å²) in [6, 6.07) is 6.20. The Balaban J connectivity index is 1.62. The molecule has 1 saturated heterocycles. The van der Waals surface area contributed by atoms with E-state index in [4.69, 9.17) is 0 Å². The number of halogens is 1. The molecule has 7 heteroatoms. The molecule has 0 aliphatic carbocycles. The number of benzene rings is 1. The number of carbonyl (C=O) groups excluding carboxylic acids is 1. The summed E-state index contributed by atoms with van der Waals surface area (Å²) in [5.41, 5.74) is 0.993. The predicted octanol–water partition coefficient (Wildman–Crippen LogP) is 3.68. The molecule has 6 nitrogen and oxygen atoms in total. The quantitative estimate of drug-likeness (QED) is 0.749. The Labute approximate surface area is 165 Å². The van der Waals surface area contributed by atoms with E-state index in [0.29, 0.717) is 11.3 Å². The molecule has 3 rings (SSSR count). The summed E-state index contributed by atoms with van der Waals surface area (Å²) in [5.74, 6) is -0.378. The van der Waals surface area contributed by atoms with Crippen LogP contribution in [0.5, 0.6) is 0 Å². The summed E-state index contributed by atoms with van der Waals surface area (Å²) in [5, 5.41) is 13.7. The summed E-state index contributed by atoms with van der Waals surface area (Å²) in [6.45, 7) is 10.4. The maximum Gasteiger partial charge on any atom is 0.315 e. The van der Waals surface area contributed by atoms with Crippen LogP contribution in [0, 0.1) is 5.82 Å². The van der Waals surface area contributed by atoms with E-state index in [1.54, 1.807) is 24.5 Å². The zero-order valence-electron chi connectivity index (χ0n) is 17.2. The number of amides is 2. The summed E-state index contributed by atoms with van der Waals surface area (Å²) in [7, 11) is 0. The van der Waals surface area contributed by atoms with E-state index < -0.39 is 0 Å². The molecule has 1 aromatic heterocycles. The number of hydrogen-bond acceptors (Lipinski definition) is 3. The molecule has 1 fully saturated rings. The molecule has 0 radical (unpaired) electrons. The number of urea groups is 1. The summed E-state index contributed by atoms with van der Waals surface area (Å²) in [6.07, 6.45) is 5.00. The van der Waals surface area contributed by atoms with Crippen molar-refractivity contribution in [3.8, 4) is 5.69 Å². The largest absolute Gasteiger partial charge is 0.335 e. The molecule has 0 bridgehead atoms. The van der Waals surface area contributed by atoms with Gasteiger partial charge < -0.3 is 16.0 Å². The SMILES string of the molecule is C[C@@H](NC(=O)NC1CC(C)(C)NC(C)(C)C1)c1ccc(-n2cccn2)c(F)c1. The first-order valence-corrected chi connectivity index (χ1v) is 9.70. The van der Waals surface area contributed by atoms with Gasteiger partial charge in [-0.15, -0.1) is 0 Å². The van der Waals surface area contributed by atoms with Crippen LogP contribution < -0.4 is 16.0 Å². The molecule has 28 heavy (non-hydrogen) atoms. The lowest BCUT2D eigenvalue weighted by atomic mass is 9.80. The fourth-order valence-corrected chi connectivity index (χ4v) is 4.32. The molecular formula is C21H30FN5O. The maximum absolute atomic E-state index is 14.5. The van der Waals surface area contributed by atoms with Crippen LogP contribution in [0.25, 0.3) is 5.69 Å². The third-order valence-electron chi connectivity index (χ3n) is 5.10. The predicted molar refractivity (Wildman–Crippen MR) is 108 cm³/mol. The summed E-state index contributed by atoms with van der Waals surface area (Å²) >= 11 is 0. The van der Waals surface area contributed by atoms with Crippen molar-refractivity contribution < 1.29 is 9.18 Å². The van der Waals surface area contributed by atoms with Crippen molar-refractivity contribution in [2.24, 2.45) is 0 Å². The van der Waals surface area contributed by atoms with Gasteiger partial charge in [-0.05, 0) is 71.2 Å². The number of hydrogen-bond donors (Lipinski definition) is 3. The van der Waals surface area contributed by atoms with Gasteiger partial charge in [-0.1, -0.05) is 6.07 Å². The van der Waals surface area contributed by atoms with Gasteiger partial charge in [0.1, 0.15) is 11.5 Å². The minimum absolute atomic E-state index is 0.0449. The third-order valence-corrected chi connectivity index (χ3v) is 5.10. The van der Waals surface area contributed by atoms with Gasteiger partial charge in [0.15, 0.2) is 0 Å². The Kier molecular flexibility index (Phi) is 5.48. The number of nitrogens with zero attached hydrogens (tertiary/aromatic N) is 2. The molecule has 0 unspecified atom stereocenters. The van der Waals surface area contributed by atoms with Crippen LogP contribution in [0.2, 0.25) is 0 Å². The zero-order chi connectivity index (χ0) is 20.5. The van der Waals surface area contributed by atoms with Crippen molar-refractivity contribution in [2.45, 2.75) is 70.6 Å². The van der Waals surface area contributed by atoms with Gasteiger partial charge >= 0.3 is 6.03 Å². The van der Waals surface area contributed by atoms with E-state index in [1.807, 2.05) is 13.0 Å². The van der Waals surface area contributed by atoms with Gasteiger partial charge in [-0.25, -0.2) is 13.9 Å². The number of piperidine rings is 1. The summed E-state index contributed by atoms with van der Waals surface area (Å²) in [4.78, 5) is 12.5. The maximum atomic E-state index is 14.5. The third kappa shape index (κ3) is 4.90. The standard InChI is InChI=1S/C21H30FN5O/c1-14(15-7-8-18(17(22)11-15)27-10-6-9-23-27)24-19(28)25-16-12-20(2,3)26-21(4,5)13-16/h6-11,14,16,26H,12-13H2,1-5H3,(H2,24,25,28)/t14-/m1/s1. The normalized spacial score (nSPS) is 19.8. The molecule has 1 aliphatic heterocycles. The first-order chi connectivity index (χ1) is 13.0. The highest BCUT2D eigenvalue weighted by molar-refractivity contribution is 5.74. The molecule has 1 aromatic carbocycles. The molecule has 1 atom stereocenters. The first-order valence-electron chi connectivity index (χ1n) is 9.70. The van der Waals surface area contributed by atoms with Crippen LogP contribution in [0.15, 0.2) is 36.7 Å². The van der Waals surface area contributed by atoms with Gasteiger partial charge in [0.25, 0.3) is 0 Å². The zero-order valence-corrected chi connectivity index (χ0v) is 17.2. The fourth-order valence-electron chi connectivity index (χ4n) is 4.32. The molecular weight excluding hydrogens is 357 g/mol. The molecule has 3 N–H and O–H groups in total. The number of aromatic nitrogens is 2. The number of rotatable bonds is 4. The fraction of sp³-hybridized carbons (Fsp3) is 0.524. The van der Waals surface area contributed by atoms with Crippen LogP contribution in [0.4, 0.5) is 9.18 Å². The minimum atomic E-state index is -0.378. The van der Waals surface area contributed by atoms with Gasteiger partial charge in [0, 0.05) is 29.5 Å². The second-order valence-corrected chi connectivity index (χ2v) is 9.00. The highest BCUT2D eigenvalue weighted by atomic mass is 19.1. The Hall–Kier alpha value is -2.41. The number of nitrogens with one attached hydrogen (secondary N) is 3. The summed E-state index contributed by atoms with van der Waals surface area (Å²) < 4.78 is 15.9. The Morgan fingerprint density at radius 2 is 1.96 bits per heavy atom. The monoisotopic (exact) mass is 387 g/mol. The lowest BCUT2D eigenvalue weighted by Crippen LogP contribution is -2.62. The van der Waals surface area contributed by atoms with E-state index in [-0.39, 0.29) is 35.0 Å². The highest BCUT2D eigenvalue weighted by Crippen LogP contribution is 2.28. The molecule has 0 saturated carbocycles. The van der Waals surface area contributed by atoms with E-state index >= 15 is 0 Å². The molecule has 0 spiro atoms. The first kappa shape index (κ1) is 20.3. The van der Waals surface area contributed by atoms with Crippen LogP contribution in [-0.2, 0) is 0 Å². The minimum Gasteiger partial charge on any atom is -0.335 e. The second kappa shape index (κ2) is 7.54. The van der Waals surface area contributed by atoms with Crippen molar-refractivity contribution in [1.29, 1.82) is 0 Å². The molecule has 2 aromatic rings. The van der Waals surface area contributed by atoms with Gasteiger partial charge in [-0.2, -0.15) is 5.10 Å². The Morgan fingerprint density at radius 3 is 2.54 bits per heavy atom. The lowest BCUT2D eigenvalue weighted by Gasteiger charge is -2.46. The van der Waals surface area contributed by atoms with Crippen molar-refractivity contribution in [2.75, 3.05) is 0 Å². The molecule has 1 aliphatic rings. The van der Waals surface area contributed by atoms with Gasteiger partial charge in [-0.3, -0.25) is 0 Å². The van der Waals surface area contributed by atoms with E-state index in [9.17, 15) is 9.18 Å². The lowest BCUT2D eigenvalue weighted by molar-refractivity contribution is 0.147.